The Bertz CT molecular complexity index is 506. The summed E-state index contributed by atoms with van der Waals surface area (Å²) in [4.78, 5) is 30.3. The molecule has 0 spiro atoms. The molecule has 2 rings (SSSR count). The zero-order chi connectivity index (χ0) is 14.5. The van der Waals surface area contributed by atoms with Gasteiger partial charge in [0.1, 0.15) is 5.82 Å². The van der Waals surface area contributed by atoms with E-state index >= 15 is 0 Å². The highest BCUT2D eigenvalue weighted by Crippen LogP contribution is 2.18. The van der Waals surface area contributed by atoms with Crippen LogP contribution in [0.1, 0.15) is 16.8 Å². The number of carboxylic acids is 1. The molecule has 2 heterocycles. The van der Waals surface area contributed by atoms with Gasteiger partial charge in [-0.1, -0.05) is 0 Å². The Kier molecular flexibility index (Phi) is 4.52. The van der Waals surface area contributed by atoms with Crippen LogP contribution >= 0.6 is 0 Å². The minimum atomic E-state index is -0.825. The highest BCUT2D eigenvalue weighted by Gasteiger charge is 2.20. The number of primary amides is 1. The van der Waals surface area contributed by atoms with E-state index in [-0.39, 0.29) is 6.54 Å². The van der Waals surface area contributed by atoms with E-state index in [0.29, 0.717) is 24.5 Å². The van der Waals surface area contributed by atoms with Gasteiger partial charge in [-0.3, -0.25) is 14.5 Å². The van der Waals surface area contributed by atoms with Crippen LogP contribution in [0.4, 0.5) is 5.82 Å². The second kappa shape index (κ2) is 6.33. The predicted molar refractivity (Wildman–Crippen MR) is 73.7 cm³/mol. The highest BCUT2D eigenvalue weighted by molar-refractivity contribution is 5.97. The number of rotatable bonds is 4. The maximum Gasteiger partial charge on any atom is 0.317 e. The van der Waals surface area contributed by atoms with E-state index in [2.05, 4.69) is 4.98 Å². The van der Waals surface area contributed by atoms with Crippen molar-refractivity contribution in [1.29, 1.82) is 0 Å². The zero-order valence-corrected chi connectivity index (χ0v) is 11.2. The first-order valence-corrected chi connectivity index (χ1v) is 6.52. The summed E-state index contributed by atoms with van der Waals surface area (Å²) < 4.78 is 0. The molecule has 0 saturated carbocycles. The van der Waals surface area contributed by atoms with Gasteiger partial charge in [-0.2, -0.15) is 0 Å². The number of anilines is 1. The second-order valence-corrected chi connectivity index (χ2v) is 4.75. The standard InChI is InChI=1S/C13H18N4O3/c14-12(20)10-3-1-4-15-13(10)17-6-2-5-16(7-8-17)9-11(18)19/h1,3-4H,2,5-9H2,(H2,14,20)(H,18,19). The molecule has 0 bridgehead atoms. The van der Waals surface area contributed by atoms with Gasteiger partial charge in [0.15, 0.2) is 0 Å². The van der Waals surface area contributed by atoms with Crippen molar-refractivity contribution in [3.63, 3.8) is 0 Å². The average molecular weight is 278 g/mol. The molecule has 3 N–H and O–H groups in total. The number of nitrogens with two attached hydrogens (primary N) is 1. The third-order valence-corrected chi connectivity index (χ3v) is 3.30. The van der Waals surface area contributed by atoms with Gasteiger partial charge >= 0.3 is 5.97 Å². The van der Waals surface area contributed by atoms with Gasteiger partial charge in [-0.05, 0) is 18.6 Å². The van der Waals surface area contributed by atoms with E-state index in [1.807, 2.05) is 9.80 Å². The number of aliphatic carboxylic acids is 1. The summed E-state index contributed by atoms with van der Waals surface area (Å²) in [7, 11) is 0. The molecule has 1 aliphatic rings. The van der Waals surface area contributed by atoms with Crippen molar-refractivity contribution < 1.29 is 14.7 Å². The molecular weight excluding hydrogens is 260 g/mol. The molecule has 0 atom stereocenters. The third-order valence-electron chi connectivity index (χ3n) is 3.30. The molecule has 108 valence electrons. The largest absolute Gasteiger partial charge is 0.480 e. The summed E-state index contributed by atoms with van der Waals surface area (Å²) in [6, 6.07) is 3.34. The summed E-state index contributed by atoms with van der Waals surface area (Å²) in [5.41, 5.74) is 5.76. The third kappa shape index (κ3) is 3.45. The number of hydrogen-bond acceptors (Lipinski definition) is 5. The van der Waals surface area contributed by atoms with Crippen LogP contribution in [-0.2, 0) is 4.79 Å². The van der Waals surface area contributed by atoms with Gasteiger partial charge < -0.3 is 15.7 Å². The van der Waals surface area contributed by atoms with Gasteiger partial charge in [-0.15, -0.1) is 0 Å². The Labute approximate surface area is 117 Å². The molecule has 0 aromatic carbocycles. The molecule has 1 fully saturated rings. The van der Waals surface area contributed by atoms with E-state index < -0.39 is 11.9 Å². The molecular formula is C13H18N4O3. The van der Waals surface area contributed by atoms with E-state index in [1.54, 1.807) is 18.3 Å². The van der Waals surface area contributed by atoms with Gasteiger partial charge in [0, 0.05) is 32.4 Å². The average Bonchev–Trinajstić information content (AvgIpc) is 2.63. The van der Waals surface area contributed by atoms with Crippen LogP contribution in [0.2, 0.25) is 0 Å². The molecule has 0 aliphatic carbocycles. The van der Waals surface area contributed by atoms with Crippen molar-refractivity contribution in [2.24, 2.45) is 5.73 Å². The molecule has 20 heavy (non-hydrogen) atoms. The zero-order valence-electron chi connectivity index (χ0n) is 11.2. The SMILES string of the molecule is NC(=O)c1cccnc1N1CCCN(CC(=O)O)CC1. The van der Waals surface area contributed by atoms with Gasteiger partial charge in [0.25, 0.3) is 5.91 Å². The monoisotopic (exact) mass is 278 g/mol. The lowest BCUT2D eigenvalue weighted by molar-refractivity contribution is -0.138. The number of carbonyl (C=O) groups excluding carboxylic acids is 1. The molecule has 7 heteroatoms. The Balaban J connectivity index is 2.11. The van der Waals surface area contributed by atoms with Gasteiger partial charge in [0.2, 0.25) is 0 Å². The van der Waals surface area contributed by atoms with Crippen LogP contribution in [0.5, 0.6) is 0 Å². The van der Waals surface area contributed by atoms with Crippen LogP contribution < -0.4 is 10.6 Å². The summed E-state index contributed by atoms with van der Waals surface area (Å²) in [6.45, 7) is 2.75. The predicted octanol–water partition coefficient (Wildman–Crippen LogP) is -0.223. The number of nitrogens with zero attached hydrogens (tertiary/aromatic N) is 3. The van der Waals surface area contributed by atoms with Gasteiger partial charge in [-0.25, -0.2) is 4.98 Å². The Morgan fingerprint density at radius 1 is 1.30 bits per heavy atom. The van der Waals surface area contributed by atoms with Gasteiger partial charge in [0.05, 0.1) is 12.1 Å². The molecule has 0 unspecified atom stereocenters. The lowest BCUT2D eigenvalue weighted by Gasteiger charge is -2.23. The first-order chi connectivity index (χ1) is 9.58. The lowest BCUT2D eigenvalue weighted by Crippen LogP contribution is -2.35. The summed E-state index contributed by atoms with van der Waals surface area (Å²) in [5, 5.41) is 8.83. The Morgan fingerprint density at radius 3 is 2.80 bits per heavy atom. The minimum Gasteiger partial charge on any atom is -0.480 e. The lowest BCUT2D eigenvalue weighted by atomic mass is 10.2. The molecule has 0 radical (unpaired) electrons. The van der Waals surface area contributed by atoms with Crippen molar-refractivity contribution >= 4 is 17.7 Å². The molecule has 1 aliphatic heterocycles. The number of amides is 1. The van der Waals surface area contributed by atoms with Crippen molar-refractivity contribution in [1.82, 2.24) is 9.88 Å². The molecule has 1 aromatic rings. The normalized spacial score (nSPS) is 16.7. The number of aromatic nitrogens is 1. The summed E-state index contributed by atoms with van der Waals surface area (Å²) >= 11 is 0. The quantitative estimate of drug-likeness (QED) is 0.789. The van der Waals surface area contributed by atoms with Crippen LogP contribution in [0.3, 0.4) is 0 Å². The first kappa shape index (κ1) is 14.3. The number of carbonyl (C=O) groups is 2. The summed E-state index contributed by atoms with van der Waals surface area (Å²) in [6.07, 6.45) is 2.45. The van der Waals surface area contributed by atoms with Crippen LogP contribution in [0.15, 0.2) is 18.3 Å². The summed E-state index contributed by atoms with van der Waals surface area (Å²) in [5.74, 6) is -0.744. The maximum absolute atomic E-state index is 11.4. The molecule has 1 amide bonds. The van der Waals surface area contributed by atoms with E-state index in [9.17, 15) is 9.59 Å². The fraction of sp³-hybridized carbons (Fsp3) is 0.462. The molecule has 7 nitrogen and oxygen atoms in total. The fourth-order valence-corrected chi connectivity index (χ4v) is 2.37. The van der Waals surface area contributed by atoms with E-state index in [1.165, 1.54) is 0 Å². The van der Waals surface area contributed by atoms with Crippen LogP contribution in [0.25, 0.3) is 0 Å². The van der Waals surface area contributed by atoms with Crippen molar-refractivity contribution in [3.05, 3.63) is 23.9 Å². The Hall–Kier alpha value is -2.15. The highest BCUT2D eigenvalue weighted by atomic mass is 16.4. The second-order valence-electron chi connectivity index (χ2n) is 4.75. The van der Waals surface area contributed by atoms with Crippen molar-refractivity contribution in [2.45, 2.75) is 6.42 Å². The number of pyridine rings is 1. The topological polar surface area (TPSA) is 99.8 Å². The smallest absolute Gasteiger partial charge is 0.317 e. The minimum absolute atomic E-state index is 0.0404. The van der Waals surface area contributed by atoms with Crippen LogP contribution in [-0.4, -0.2) is 59.6 Å². The molecule has 1 aromatic heterocycles. The van der Waals surface area contributed by atoms with Crippen molar-refractivity contribution in [2.75, 3.05) is 37.6 Å². The van der Waals surface area contributed by atoms with Crippen molar-refractivity contribution in [3.8, 4) is 0 Å². The number of hydrogen-bond donors (Lipinski definition) is 2. The van der Waals surface area contributed by atoms with E-state index in [0.717, 1.165) is 19.5 Å². The number of carboxylic acid groups (broad SMARTS) is 1. The maximum atomic E-state index is 11.4. The van der Waals surface area contributed by atoms with Crippen LogP contribution in [0, 0.1) is 0 Å². The first-order valence-electron chi connectivity index (χ1n) is 6.52. The fourth-order valence-electron chi connectivity index (χ4n) is 2.37. The Morgan fingerprint density at radius 2 is 2.10 bits per heavy atom. The van der Waals surface area contributed by atoms with E-state index in [4.69, 9.17) is 10.8 Å². The molecule has 1 saturated heterocycles.